The highest BCUT2D eigenvalue weighted by Gasteiger charge is 2.57. The molecule has 7 nitrogen and oxygen atoms in total. The van der Waals surface area contributed by atoms with Crippen LogP contribution < -0.4 is 18.1 Å². The molecule has 0 radical (unpaired) electrons. The molecule has 9 heteroatoms. The van der Waals surface area contributed by atoms with Crippen molar-refractivity contribution in [1.82, 2.24) is 0 Å². The summed E-state index contributed by atoms with van der Waals surface area (Å²) in [6, 6.07) is 8.25. The zero-order valence-corrected chi connectivity index (χ0v) is 13.5. The third-order valence-electron chi connectivity index (χ3n) is 3.86. The monoisotopic (exact) mass is 353 g/mol. The van der Waals surface area contributed by atoms with E-state index in [-0.39, 0.29) is 19.0 Å². The summed E-state index contributed by atoms with van der Waals surface area (Å²) < 4.78 is 17.6. The number of aliphatic hydroxyl groups excluding tert-OH is 3. The average molecular weight is 354 g/mol. The second-order valence-electron chi connectivity index (χ2n) is 5.25. The lowest BCUT2D eigenvalue weighted by Gasteiger charge is -2.41. The molecule has 2 rings (SSSR count). The Morgan fingerprint density at radius 3 is 2.36 bits per heavy atom. The van der Waals surface area contributed by atoms with Crippen molar-refractivity contribution in [2.75, 3.05) is 6.61 Å². The lowest BCUT2D eigenvalue weighted by Crippen LogP contribution is -3.00. The molecular weight excluding hydrogens is 333 g/mol. The standard InChI is InChI=1S/C13H20NO6P.ClH/c14-10-12(20-7-8-4-2-1-3-5-8)11(16)9(6-15)21(18,19)13(10)17;/h1-5,9-13,15-17H,6-7,14H2,(H,18,19);1H/t9?,10-,11-,12-,13?;/m1./s1. The Morgan fingerprint density at radius 2 is 1.82 bits per heavy atom. The van der Waals surface area contributed by atoms with Crippen LogP contribution in [-0.2, 0) is 15.9 Å². The Morgan fingerprint density at radius 1 is 1.23 bits per heavy atom. The first-order valence-electron chi connectivity index (χ1n) is 6.67. The lowest BCUT2D eigenvalue weighted by atomic mass is 10.0. The summed E-state index contributed by atoms with van der Waals surface area (Å²) in [7, 11) is -4.12. The van der Waals surface area contributed by atoms with Gasteiger partial charge in [0.05, 0.1) is 18.9 Å². The number of hydrogen-bond acceptors (Lipinski definition) is 5. The molecule has 1 aromatic rings. The van der Waals surface area contributed by atoms with Gasteiger partial charge in [-0.2, -0.15) is 0 Å². The van der Waals surface area contributed by atoms with Gasteiger partial charge in [-0.05, 0) is 5.56 Å². The van der Waals surface area contributed by atoms with Crippen molar-refractivity contribution in [2.45, 2.75) is 36.4 Å². The molecule has 6 atom stereocenters. The van der Waals surface area contributed by atoms with E-state index in [1.165, 1.54) is 0 Å². The first-order chi connectivity index (χ1) is 9.89. The molecule has 126 valence electrons. The van der Waals surface area contributed by atoms with Gasteiger partial charge in [0.15, 0.2) is 5.85 Å². The molecule has 0 bridgehead atoms. The predicted octanol–water partition coefficient (Wildman–Crippen LogP) is -4.49. The summed E-state index contributed by atoms with van der Waals surface area (Å²) in [6.45, 7) is -0.529. The van der Waals surface area contributed by atoms with Gasteiger partial charge < -0.3 is 43.1 Å². The van der Waals surface area contributed by atoms with Gasteiger partial charge in [0.1, 0.15) is 18.2 Å². The number of hydrogen-bond donors (Lipinski definition) is 5. The Hall–Kier alpha value is -0.500. The summed E-state index contributed by atoms with van der Waals surface area (Å²) in [5, 5.41) is 29.3. The van der Waals surface area contributed by atoms with Gasteiger partial charge >= 0.3 is 0 Å². The van der Waals surface area contributed by atoms with Gasteiger partial charge in [0.2, 0.25) is 7.37 Å². The van der Waals surface area contributed by atoms with Crippen LogP contribution in [0.5, 0.6) is 0 Å². The van der Waals surface area contributed by atoms with E-state index in [2.05, 4.69) is 5.73 Å². The minimum absolute atomic E-state index is 0. The van der Waals surface area contributed by atoms with Gasteiger partial charge in [-0.1, -0.05) is 30.3 Å². The fourth-order valence-corrected chi connectivity index (χ4v) is 4.50. The molecule has 0 saturated carbocycles. The van der Waals surface area contributed by atoms with E-state index in [0.717, 1.165) is 5.56 Å². The van der Waals surface area contributed by atoms with Crippen LogP contribution in [0.4, 0.5) is 0 Å². The average Bonchev–Trinajstić information content (AvgIpc) is 2.46. The molecule has 0 aromatic heterocycles. The van der Waals surface area contributed by atoms with Crippen molar-refractivity contribution < 1.29 is 47.7 Å². The Kier molecular flexibility index (Phi) is 6.98. The number of benzene rings is 1. The fraction of sp³-hybridized carbons (Fsp3) is 0.538. The van der Waals surface area contributed by atoms with E-state index in [1.807, 2.05) is 30.3 Å². The molecule has 0 amide bonds. The van der Waals surface area contributed by atoms with E-state index in [1.54, 1.807) is 0 Å². The smallest absolute Gasteiger partial charge is 0.242 e. The molecule has 1 fully saturated rings. The van der Waals surface area contributed by atoms with E-state index in [4.69, 9.17) is 4.74 Å². The lowest BCUT2D eigenvalue weighted by molar-refractivity contribution is -0.458. The van der Waals surface area contributed by atoms with Gasteiger partial charge in [-0.15, -0.1) is 0 Å². The Balaban J connectivity index is 0.00000242. The van der Waals surface area contributed by atoms with Gasteiger partial charge in [-0.25, -0.2) is 0 Å². The normalized spacial score (nSPS) is 38.3. The van der Waals surface area contributed by atoms with Crippen molar-refractivity contribution in [3.8, 4) is 0 Å². The fourth-order valence-electron chi connectivity index (χ4n) is 2.55. The van der Waals surface area contributed by atoms with E-state index < -0.39 is 43.7 Å². The van der Waals surface area contributed by atoms with Crippen LogP contribution in [-0.4, -0.2) is 56.6 Å². The van der Waals surface area contributed by atoms with Crippen LogP contribution in [0.1, 0.15) is 5.56 Å². The van der Waals surface area contributed by atoms with Crippen molar-refractivity contribution >= 4 is 7.37 Å². The number of rotatable bonds is 4. The molecule has 0 spiro atoms. The first kappa shape index (κ1) is 19.5. The van der Waals surface area contributed by atoms with Crippen molar-refractivity contribution in [1.29, 1.82) is 0 Å². The largest absolute Gasteiger partial charge is 1.00 e. The molecule has 1 aliphatic heterocycles. The molecule has 7 N–H and O–H groups in total. The summed E-state index contributed by atoms with van der Waals surface area (Å²) >= 11 is 0. The number of aliphatic hydroxyl groups is 3. The quantitative estimate of drug-likeness (QED) is 0.346. The predicted molar refractivity (Wildman–Crippen MR) is 74.4 cm³/mol. The maximum atomic E-state index is 12.1. The minimum Gasteiger partial charge on any atom is -1.00 e. The SMILES string of the molecule is [Cl-].[NH3+][C@H]1C(O)P(=O)(O)C(CO)[C@@H](O)[C@@H]1OCc1ccccc1. The van der Waals surface area contributed by atoms with Crippen LogP contribution in [0.25, 0.3) is 0 Å². The molecule has 1 heterocycles. The van der Waals surface area contributed by atoms with E-state index in [9.17, 15) is 24.8 Å². The molecule has 1 aliphatic rings. The number of halogens is 1. The molecule has 22 heavy (non-hydrogen) atoms. The van der Waals surface area contributed by atoms with Crippen LogP contribution in [0, 0.1) is 0 Å². The van der Waals surface area contributed by atoms with Gasteiger partial charge in [0, 0.05) is 0 Å². The van der Waals surface area contributed by atoms with E-state index in [0.29, 0.717) is 0 Å². The van der Waals surface area contributed by atoms with E-state index >= 15 is 0 Å². The van der Waals surface area contributed by atoms with Gasteiger partial charge in [0.25, 0.3) is 0 Å². The second-order valence-corrected chi connectivity index (χ2v) is 7.79. The zero-order chi connectivity index (χ0) is 15.6. The highest BCUT2D eigenvalue weighted by molar-refractivity contribution is 7.59. The first-order valence-corrected chi connectivity index (χ1v) is 8.47. The maximum Gasteiger partial charge on any atom is 0.242 e. The molecule has 1 saturated heterocycles. The van der Waals surface area contributed by atoms with Gasteiger partial charge in [-0.3, -0.25) is 4.57 Å². The third kappa shape index (κ3) is 3.69. The molecule has 3 unspecified atom stereocenters. The van der Waals surface area contributed by atoms with Crippen molar-refractivity contribution in [3.05, 3.63) is 35.9 Å². The number of quaternary nitrogens is 1. The number of ether oxygens (including phenoxy) is 1. The summed E-state index contributed by atoms with van der Waals surface area (Å²) in [5.74, 6) is -1.63. The third-order valence-corrected chi connectivity index (χ3v) is 6.42. The van der Waals surface area contributed by atoms with Crippen LogP contribution in [0.3, 0.4) is 0 Å². The highest BCUT2D eigenvalue weighted by atomic mass is 35.5. The Bertz CT molecular complexity index is 519. The zero-order valence-electron chi connectivity index (χ0n) is 11.8. The summed E-state index contributed by atoms with van der Waals surface area (Å²) in [4.78, 5) is 9.84. The molecule has 1 aromatic carbocycles. The molecule has 0 aliphatic carbocycles. The second kappa shape index (κ2) is 7.86. The van der Waals surface area contributed by atoms with Crippen LogP contribution in [0.15, 0.2) is 30.3 Å². The highest BCUT2D eigenvalue weighted by Crippen LogP contribution is 2.56. The minimum atomic E-state index is -4.12. The Labute approximate surface area is 134 Å². The molecular formula is C13H21ClNO6P. The van der Waals surface area contributed by atoms with Crippen LogP contribution in [0.2, 0.25) is 0 Å². The topological polar surface area (TPSA) is 135 Å². The summed E-state index contributed by atoms with van der Waals surface area (Å²) in [6.07, 6.45) is -2.29. The summed E-state index contributed by atoms with van der Waals surface area (Å²) in [5.41, 5.74) is 3.18. The van der Waals surface area contributed by atoms with Crippen LogP contribution >= 0.6 is 7.37 Å². The van der Waals surface area contributed by atoms with Crippen molar-refractivity contribution in [2.24, 2.45) is 0 Å². The maximum absolute atomic E-state index is 12.1. The van der Waals surface area contributed by atoms with Crippen molar-refractivity contribution in [3.63, 3.8) is 0 Å².